The van der Waals surface area contributed by atoms with Crippen molar-refractivity contribution in [3.8, 4) is 0 Å². The van der Waals surface area contributed by atoms with Gasteiger partial charge in [0.05, 0.1) is 5.41 Å². The molecule has 0 bridgehead atoms. The number of carbonyl (C=O) groups excluding carboxylic acids is 1. The molecule has 0 radical (unpaired) electrons. The molecule has 1 aromatic heterocycles. The normalized spacial score (nSPS) is 25.2. The van der Waals surface area contributed by atoms with Gasteiger partial charge in [0.15, 0.2) is 5.82 Å². The van der Waals surface area contributed by atoms with Gasteiger partial charge in [0, 0.05) is 24.3 Å². The molecule has 17 heavy (non-hydrogen) atoms. The van der Waals surface area contributed by atoms with Crippen molar-refractivity contribution in [3.63, 3.8) is 0 Å². The first-order valence-corrected chi connectivity index (χ1v) is 6.95. The van der Waals surface area contributed by atoms with E-state index in [0.29, 0.717) is 0 Å². The molecule has 1 N–H and O–H groups in total. The van der Waals surface area contributed by atoms with Crippen molar-refractivity contribution >= 4 is 17.7 Å². The second kappa shape index (κ2) is 4.29. The highest BCUT2D eigenvalue weighted by molar-refractivity contribution is 7.99. The van der Waals surface area contributed by atoms with Crippen LogP contribution in [0.3, 0.4) is 0 Å². The van der Waals surface area contributed by atoms with Gasteiger partial charge in [-0.3, -0.25) is 4.79 Å². The highest BCUT2D eigenvalue weighted by atomic mass is 32.2. The number of nitrogens with zero attached hydrogens (tertiary/aromatic N) is 3. The molecule has 1 saturated carbocycles. The summed E-state index contributed by atoms with van der Waals surface area (Å²) in [4.78, 5) is 11.5. The van der Waals surface area contributed by atoms with E-state index >= 15 is 0 Å². The molecule has 92 valence electrons. The summed E-state index contributed by atoms with van der Waals surface area (Å²) >= 11 is 1.78. The smallest absolute Gasteiger partial charge is 0.312 e. The minimum absolute atomic E-state index is 0.0290. The number of thioether (sulfide) groups is 1. The van der Waals surface area contributed by atoms with Crippen molar-refractivity contribution in [2.45, 2.75) is 31.8 Å². The van der Waals surface area contributed by atoms with E-state index in [4.69, 9.17) is 4.74 Å². The largest absolute Gasteiger partial charge is 0.461 e. The van der Waals surface area contributed by atoms with Crippen molar-refractivity contribution in [2.75, 3.05) is 11.5 Å². The number of hydrogen-bond acceptors (Lipinski definition) is 6. The summed E-state index contributed by atoms with van der Waals surface area (Å²) in [6.07, 6.45) is 3.87. The van der Waals surface area contributed by atoms with Crippen LogP contribution in [0.4, 0.5) is 0 Å². The third-order valence-electron chi connectivity index (χ3n) is 3.34. The Morgan fingerprint density at radius 2 is 2.41 bits per heavy atom. The zero-order chi connectivity index (χ0) is 11.7. The first-order chi connectivity index (χ1) is 8.28. The summed E-state index contributed by atoms with van der Waals surface area (Å²) in [7, 11) is 0. The number of rotatable bonds is 5. The van der Waals surface area contributed by atoms with Crippen LogP contribution in [0.15, 0.2) is 0 Å². The zero-order valence-corrected chi connectivity index (χ0v) is 10.2. The van der Waals surface area contributed by atoms with Gasteiger partial charge in [-0.1, -0.05) is 5.21 Å². The van der Waals surface area contributed by atoms with Crippen LogP contribution in [0.2, 0.25) is 0 Å². The number of hydrogen-bond donors (Lipinski definition) is 1. The van der Waals surface area contributed by atoms with Crippen LogP contribution in [-0.4, -0.2) is 44.2 Å². The maximum absolute atomic E-state index is 11.5. The number of aromatic amines is 1. The Hall–Kier alpha value is -1.11. The number of nitrogens with one attached hydrogen (secondary N) is 1. The van der Waals surface area contributed by atoms with E-state index in [0.717, 1.165) is 43.0 Å². The van der Waals surface area contributed by atoms with Gasteiger partial charge in [-0.15, -0.1) is 10.2 Å². The van der Waals surface area contributed by atoms with Gasteiger partial charge in [0.2, 0.25) is 0 Å². The molecule has 1 unspecified atom stereocenters. The summed E-state index contributed by atoms with van der Waals surface area (Å²) < 4.78 is 5.37. The maximum Gasteiger partial charge on any atom is 0.312 e. The van der Waals surface area contributed by atoms with E-state index < -0.39 is 0 Å². The summed E-state index contributed by atoms with van der Waals surface area (Å²) in [5.41, 5.74) is -0.0705. The molecule has 2 heterocycles. The summed E-state index contributed by atoms with van der Waals surface area (Å²) in [5.74, 6) is 2.58. The molecule has 1 aliphatic heterocycles. The first kappa shape index (κ1) is 11.0. The van der Waals surface area contributed by atoms with Gasteiger partial charge in [-0.25, -0.2) is 0 Å². The standard InChI is InChI=1S/C10H14N4O2S/c15-9-10(2-3-10)5-7(16-9)6-17-4-1-8-11-13-14-12-8/h7H,1-6H2,(H,11,12,13,14). The summed E-state index contributed by atoms with van der Waals surface area (Å²) in [5, 5.41) is 13.7. The van der Waals surface area contributed by atoms with Crippen LogP contribution >= 0.6 is 11.8 Å². The lowest BCUT2D eigenvalue weighted by Crippen LogP contribution is -2.10. The Kier molecular flexibility index (Phi) is 2.78. The van der Waals surface area contributed by atoms with Crippen LogP contribution in [0.25, 0.3) is 0 Å². The monoisotopic (exact) mass is 254 g/mol. The molecule has 7 heteroatoms. The molecule has 1 spiro atoms. The zero-order valence-electron chi connectivity index (χ0n) is 9.39. The van der Waals surface area contributed by atoms with Crippen molar-refractivity contribution < 1.29 is 9.53 Å². The number of H-pyrrole nitrogens is 1. The van der Waals surface area contributed by atoms with Crippen molar-refractivity contribution in [1.82, 2.24) is 20.6 Å². The SMILES string of the molecule is O=C1OC(CSCCc2nn[nH]n2)CC12CC2. The van der Waals surface area contributed by atoms with E-state index in [2.05, 4.69) is 20.6 Å². The van der Waals surface area contributed by atoms with Crippen LogP contribution in [0, 0.1) is 5.41 Å². The van der Waals surface area contributed by atoms with Gasteiger partial charge in [0.25, 0.3) is 0 Å². The fraction of sp³-hybridized carbons (Fsp3) is 0.800. The molecule has 2 fully saturated rings. The van der Waals surface area contributed by atoms with E-state index in [-0.39, 0.29) is 17.5 Å². The lowest BCUT2D eigenvalue weighted by atomic mass is 10.0. The van der Waals surface area contributed by atoms with Crippen molar-refractivity contribution in [2.24, 2.45) is 5.41 Å². The van der Waals surface area contributed by atoms with Gasteiger partial charge < -0.3 is 4.74 Å². The molecule has 6 nitrogen and oxygen atoms in total. The topological polar surface area (TPSA) is 80.8 Å². The Bertz CT molecular complexity index is 404. The number of ether oxygens (including phenoxy) is 1. The average Bonchev–Trinajstić information content (AvgIpc) is 2.79. The van der Waals surface area contributed by atoms with Crippen LogP contribution in [-0.2, 0) is 16.0 Å². The molecule has 1 saturated heterocycles. The second-order valence-corrected chi connectivity index (χ2v) is 5.81. The Balaban J connectivity index is 1.37. The van der Waals surface area contributed by atoms with Crippen molar-refractivity contribution in [3.05, 3.63) is 5.82 Å². The van der Waals surface area contributed by atoms with Crippen molar-refractivity contribution in [1.29, 1.82) is 0 Å². The van der Waals surface area contributed by atoms with E-state index in [1.165, 1.54) is 0 Å². The van der Waals surface area contributed by atoms with Crippen LogP contribution in [0.5, 0.6) is 0 Å². The minimum Gasteiger partial charge on any atom is -0.461 e. The number of aromatic nitrogens is 4. The van der Waals surface area contributed by atoms with Gasteiger partial charge in [-0.05, 0) is 12.8 Å². The van der Waals surface area contributed by atoms with Crippen LogP contribution in [0.1, 0.15) is 25.1 Å². The molecular weight excluding hydrogens is 240 g/mol. The van der Waals surface area contributed by atoms with E-state index in [1.807, 2.05) is 0 Å². The molecule has 0 amide bonds. The number of tetrazole rings is 1. The van der Waals surface area contributed by atoms with E-state index in [1.54, 1.807) is 11.8 Å². The predicted octanol–water partition coefficient (Wildman–Crippen LogP) is 0.571. The maximum atomic E-state index is 11.5. The molecular formula is C10H14N4O2S. The van der Waals surface area contributed by atoms with Crippen LogP contribution < -0.4 is 0 Å². The number of aryl methyl sites for hydroxylation is 1. The molecule has 0 aromatic carbocycles. The van der Waals surface area contributed by atoms with Gasteiger partial charge >= 0.3 is 5.97 Å². The number of esters is 1. The fourth-order valence-electron chi connectivity index (χ4n) is 2.16. The predicted molar refractivity (Wildman–Crippen MR) is 61.4 cm³/mol. The number of carbonyl (C=O) groups is 1. The minimum atomic E-state index is -0.0705. The molecule has 2 aliphatic rings. The Morgan fingerprint density at radius 3 is 3.06 bits per heavy atom. The van der Waals surface area contributed by atoms with E-state index in [9.17, 15) is 4.79 Å². The first-order valence-electron chi connectivity index (χ1n) is 5.80. The quantitative estimate of drug-likeness (QED) is 0.611. The Labute approximate surface area is 103 Å². The lowest BCUT2D eigenvalue weighted by molar-refractivity contribution is -0.144. The summed E-state index contributed by atoms with van der Waals surface area (Å²) in [6, 6.07) is 0. The molecule has 1 aliphatic carbocycles. The third kappa shape index (κ3) is 2.29. The molecule has 1 aromatic rings. The molecule has 3 rings (SSSR count). The van der Waals surface area contributed by atoms with Gasteiger partial charge in [0.1, 0.15) is 6.10 Å². The Morgan fingerprint density at radius 1 is 1.53 bits per heavy atom. The second-order valence-electron chi connectivity index (χ2n) is 4.66. The fourth-order valence-corrected chi connectivity index (χ4v) is 3.10. The lowest BCUT2D eigenvalue weighted by Gasteiger charge is -2.07. The molecule has 1 atom stereocenters. The highest BCUT2D eigenvalue weighted by Gasteiger charge is 2.57. The summed E-state index contributed by atoms with van der Waals surface area (Å²) in [6.45, 7) is 0. The average molecular weight is 254 g/mol. The van der Waals surface area contributed by atoms with Gasteiger partial charge in [-0.2, -0.15) is 17.0 Å². The third-order valence-corrected chi connectivity index (χ3v) is 4.44. The number of cyclic esters (lactones) is 1. The highest BCUT2D eigenvalue weighted by Crippen LogP contribution is 2.55.